The summed E-state index contributed by atoms with van der Waals surface area (Å²) in [5.74, 6) is -1.65. The van der Waals surface area contributed by atoms with Gasteiger partial charge in [0.1, 0.15) is 16.5 Å². The molecule has 0 atom stereocenters. The molecule has 0 bridgehead atoms. The summed E-state index contributed by atoms with van der Waals surface area (Å²) in [7, 11) is 0. The highest BCUT2D eigenvalue weighted by molar-refractivity contribution is 6.53. The van der Waals surface area contributed by atoms with E-state index >= 15 is 0 Å². The molecule has 0 saturated heterocycles. The van der Waals surface area contributed by atoms with Gasteiger partial charge in [-0.25, -0.2) is 9.69 Å². The van der Waals surface area contributed by atoms with E-state index in [1.807, 2.05) is 13.0 Å². The minimum atomic E-state index is -0.703. The number of nitrogens with zero attached hydrogens (tertiary/aromatic N) is 1. The molecule has 0 radical (unpaired) electrons. The number of nitrogens with one attached hydrogen (secondary N) is 2. The summed E-state index contributed by atoms with van der Waals surface area (Å²) in [5.41, 5.74) is 1.80. The van der Waals surface area contributed by atoms with Crippen LogP contribution in [0.2, 0.25) is 0 Å². The highest BCUT2D eigenvalue weighted by Crippen LogP contribution is 2.31. The van der Waals surface area contributed by atoms with Crippen LogP contribution in [0, 0.1) is 0 Å². The summed E-state index contributed by atoms with van der Waals surface area (Å²) in [6.07, 6.45) is -0.281. The molecule has 4 rings (SSSR count). The van der Waals surface area contributed by atoms with Crippen LogP contribution in [0.5, 0.6) is 5.75 Å². The molecule has 3 amide bonds. The molecule has 3 aromatic carbocycles. The number of imide groups is 1. The third kappa shape index (κ3) is 6.10. The number of benzene rings is 3. The van der Waals surface area contributed by atoms with E-state index in [-0.39, 0.29) is 34.0 Å². The van der Waals surface area contributed by atoms with Crippen molar-refractivity contribution in [1.29, 1.82) is 0 Å². The van der Waals surface area contributed by atoms with E-state index in [4.69, 9.17) is 21.1 Å². The molecular weight excluding hydrogens is 522 g/mol. The first kappa shape index (κ1) is 27.4. The number of hydrogen-bond acceptors (Lipinski definition) is 7. The number of halogens is 1. The van der Waals surface area contributed by atoms with Crippen molar-refractivity contribution >= 4 is 52.4 Å². The summed E-state index contributed by atoms with van der Waals surface area (Å²) < 4.78 is 10.7. The van der Waals surface area contributed by atoms with Crippen LogP contribution in [-0.2, 0) is 14.3 Å². The molecule has 10 heteroatoms. The molecule has 0 aromatic heterocycles. The van der Waals surface area contributed by atoms with Crippen LogP contribution < -0.4 is 20.3 Å². The lowest BCUT2D eigenvalue weighted by Gasteiger charge is -2.16. The van der Waals surface area contributed by atoms with E-state index < -0.39 is 17.8 Å². The van der Waals surface area contributed by atoms with Gasteiger partial charge in [-0.05, 0) is 81.4 Å². The van der Waals surface area contributed by atoms with Gasteiger partial charge in [0.2, 0.25) is 0 Å². The molecule has 9 nitrogen and oxygen atoms in total. The molecule has 0 spiro atoms. The van der Waals surface area contributed by atoms with Crippen molar-refractivity contribution in [2.45, 2.75) is 26.9 Å². The van der Waals surface area contributed by atoms with Crippen molar-refractivity contribution in [2.24, 2.45) is 0 Å². The predicted octanol–water partition coefficient (Wildman–Crippen LogP) is 5.34. The monoisotopic (exact) mass is 547 g/mol. The molecule has 0 saturated carbocycles. The second-order valence-corrected chi connectivity index (χ2v) is 9.10. The average molecular weight is 548 g/mol. The summed E-state index contributed by atoms with van der Waals surface area (Å²) in [6.45, 7) is 5.79. The van der Waals surface area contributed by atoms with Crippen LogP contribution in [0.15, 0.2) is 83.5 Å². The molecule has 0 fully saturated rings. The van der Waals surface area contributed by atoms with E-state index in [1.165, 1.54) is 24.3 Å². The van der Waals surface area contributed by atoms with Gasteiger partial charge in [-0.15, -0.1) is 0 Å². The highest BCUT2D eigenvalue weighted by atomic mass is 35.5. The Balaban J connectivity index is 1.44. The quantitative estimate of drug-likeness (QED) is 0.274. The first-order chi connectivity index (χ1) is 18.7. The van der Waals surface area contributed by atoms with E-state index in [9.17, 15) is 19.2 Å². The van der Waals surface area contributed by atoms with E-state index in [2.05, 4.69) is 10.6 Å². The zero-order chi connectivity index (χ0) is 28.1. The summed E-state index contributed by atoms with van der Waals surface area (Å²) in [6, 6.07) is 19.3. The van der Waals surface area contributed by atoms with Crippen LogP contribution in [0.1, 0.15) is 41.5 Å². The van der Waals surface area contributed by atoms with Gasteiger partial charge in [0.05, 0.1) is 29.6 Å². The van der Waals surface area contributed by atoms with Crippen LogP contribution in [0.4, 0.5) is 17.1 Å². The Labute approximate surface area is 230 Å². The molecular formula is C29H26ClN3O6. The number of hydrogen-bond donors (Lipinski definition) is 2. The maximum absolute atomic E-state index is 13.1. The maximum Gasteiger partial charge on any atom is 0.338 e. The number of carbonyl (C=O) groups is 4. The zero-order valence-corrected chi connectivity index (χ0v) is 22.2. The van der Waals surface area contributed by atoms with E-state index in [0.717, 1.165) is 4.90 Å². The number of ether oxygens (including phenoxy) is 2. The van der Waals surface area contributed by atoms with Gasteiger partial charge in [-0.2, -0.15) is 0 Å². The second kappa shape index (κ2) is 11.8. The molecule has 2 N–H and O–H groups in total. The standard InChI is InChI=1S/C29H26ClN3O6/c1-4-38-23-8-6-5-7-22(23)32-26(34)18-9-13-20(14-10-18)31-25-24(30)27(35)33(28(25)36)21-15-11-19(12-16-21)29(37)39-17(2)3/h5-17,31H,4H2,1-3H3,(H,32,34). The lowest BCUT2D eigenvalue weighted by Crippen LogP contribution is -2.32. The van der Waals surface area contributed by atoms with Gasteiger partial charge in [-0.3, -0.25) is 14.4 Å². The van der Waals surface area contributed by atoms with Gasteiger partial charge in [0.25, 0.3) is 17.7 Å². The Bertz CT molecular complexity index is 1450. The Hall–Kier alpha value is -4.63. The molecule has 3 aromatic rings. The minimum Gasteiger partial charge on any atom is -0.492 e. The summed E-state index contributed by atoms with van der Waals surface area (Å²) >= 11 is 6.22. The van der Waals surface area contributed by atoms with Gasteiger partial charge in [0.15, 0.2) is 0 Å². The Morgan fingerprint density at radius 3 is 2.18 bits per heavy atom. The van der Waals surface area contributed by atoms with E-state index in [0.29, 0.717) is 29.3 Å². The van der Waals surface area contributed by atoms with Crippen molar-refractivity contribution in [3.8, 4) is 5.75 Å². The lowest BCUT2D eigenvalue weighted by atomic mass is 10.1. The summed E-state index contributed by atoms with van der Waals surface area (Å²) in [4.78, 5) is 51.6. The SMILES string of the molecule is CCOc1ccccc1NC(=O)c1ccc(NC2=C(Cl)C(=O)N(c3ccc(C(=O)OC(C)C)cc3)C2=O)cc1. The fourth-order valence-corrected chi connectivity index (χ4v) is 3.98. The van der Waals surface area contributed by atoms with Crippen molar-refractivity contribution in [1.82, 2.24) is 0 Å². The third-order valence-corrected chi connectivity index (χ3v) is 5.93. The van der Waals surface area contributed by atoms with Crippen molar-refractivity contribution in [3.05, 3.63) is 94.7 Å². The fourth-order valence-electron chi connectivity index (χ4n) is 3.77. The maximum atomic E-state index is 13.1. The zero-order valence-electron chi connectivity index (χ0n) is 21.5. The molecule has 1 heterocycles. The molecule has 1 aliphatic rings. The average Bonchev–Trinajstić information content (AvgIpc) is 3.13. The molecule has 0 aliphatic carbocycles. The molecule has 200 valence electrons. The van der Waals surface area contributed by atoms with Gasteiger partial charge in [0, 0.05) is 11.3 Å². The smallest absolute Gasteiger partial charge is 0.338 e. The number of rotatable bonds is 9. The molecule has 1 aliphatic heterocycles. The Morgan fingerprint density at radius 1 is 0.897 bits per heavy atom. The normalized spacial score (nSPS) is 13.1. The number of anilines is 3. The van der Waals surface area contributed by atoms with Gasteiger partial charge >= 0.3 is 5.97 Å². The van der Waals surface area contributed by atoms with Crippen molar-refractivity contribution in [3.63, 3.8) is 0 Å². The highest BCUT2D eigenvalue weighted by Gasteiger charge is 2.39. The number of carbonyl (C=O) groups excluding carboxylic acids is 4. The second-order valence-electron chi connectivity index (χ2n) is 8.72. The fraction of sp³-hybridized carbons (Fsp3) is 0.172. The number of esters is 1. The number of para-hydroxylation sites is 2. The Morgan fingerprint density at radius 2 is 1.54 bits per heavy atom. The van der Waals surface area contributed by atoms with Crippen LogP contribution in [0.25, 0.3) is 0 Å². The van der Waals surface area contributed by atoms with Gasteiger partial charge < -0.3 is 20.1 Å². The number of amides is 3. The van der Waals surface area contributed by atoms with Crippen LogP contribution in [0.3, 0.4) is 0 Å². The first-order valence-electron chi connectivity index (χ1n) is 12.2. The van der Waals surface area contributed by atoms with Crippen molar-refractivity contribution in [2.75, 3.05) is 22.1 Å². The predicted molar refractivity (Wildman–Crippen MR) is 148 cm³/mol. The van der Waals surface area contributed by atoms with Crippen LogP contribution in [-0.4, -0.2) is 36.4 Å². The Kier molecular flexibility index (Phi) is 8.31. The third-order valence-electron chi connectivity index (χ3n) is 5.58. The van der Waals surface area contributed by atoms with Crippen LogP contribution >= 0.6 is 11.6 Å². The van der Waals surface area contributed by atoms with Crippen molar-refractivity contribution < 1.29 is 28.7 Å². The lowest BCUT2D eigenvalue weighted by molar-refractivity contribution is -0.120. The first-order valence-corrected chi connectivity index (χ1v) is 12.6. The molecule has 0 unspecified atom stereocenters. The van der Waals surface area contributed by atoms with Gasteiger partial charge in [-0.1, -0.05) is 23.7 Å². The van der Waals surface area contributed by atoms with E-state index in [1.54, 1.807) is 56.3 Å². The molecule has 39 heavy (non-hydrogen) atoms. The minimum absolute atomic E-state index is 0.104. The topological polar surface area (TPSA) is 114 Å². The summed E-state index contributed by atoms with van der Waals surface area (Å²) in [5, 5.41) is 5.41. The largest absolute Gasteiger partial charge is 0.492 e.